The molecule has 0 radical (unpaired) electrons. The smallest absolute Gasteiger partial charge is 0.193 e. The molecule has 0 aromatic carbocycles. The monoisotopic (exact) mass is 388 g/mol. The lowest BCUT2D eigenvalue weighted by Gasteiger charge is -2.21. The molecule has 0 amide bonds. The molecule has 2 aromatic rings. The number of thiazole rings is 1. The van der Waals surface area contributed by atoms with Crippen molar-refractivity contribution in [3.05, 3.63) is 34.0 Å². The highest BCUT2D eigenvalue weighted by Crippen LogP contribution is 2.27. The van der Waals surface area contributed by atoms with E-state index < -0.39 is 0 Å². The quantitative estimate of drug-likeness (QED) is 0.631. The zero-order chi connectivity index (χ0) is 19.4. The topological polar surface area (TPSA) is 58.3 Å². The van der Waals surface area contributed by atoms with Crippen LogP contribution in [0.1, 0.15) is 56.3 Å². The van der Waals surface area contributed by atoms with Gasteiger partial charge in [0, 0.05) is 62.6 Å². The summed E-state index contributed by atoms with van der Waals surface area (Å²) in [7, 11) is 1.98. The maximum Gasteiger partial charge on any atom is 0.193 e. The minimum Gasteiger partial charge on any atom is -0.357 e. The molecule has 6 nitrogen and oxygen atoms in total. The first-order valence-corrected chi connectivity index (χ1v) is 10.7. The Bertz CT molecular complexity index is 770. The van der Waals surface area contributed by atoms with Gasteiger partial charge in [-0.05, 0) is 18.9 Å². The summed E-state index contributed by atoms with van der Waals surface area (Å²) in [4.78, 5) is 12.0. The van der Waals surface area contributed by atoms with Crippen molar-refractivity contribution in [3.8, 4) is 0 Å². The fourth-order valence-electron chi connectivity index (χ4n) is 3.33. The molecule has 1 atom stereocenters. The summed E-state index contributed by atoms with van der Waals surface area (Å²) in [5.74, 6) is 1.56. The largest absolute Gasteiger partial charge is 0.357 e. The molecule has 0 aliphatic carbocycles. The van der Waals surface area contributed by atoms with Crippen molar-refractivity contribution in [2.45, 2.75) is 51.9 Å². The molecule has 2 aromatic heterocycles. The number of hydrogen-bond acceptors (Lipinski definition) is 4. The Labute approximate surface area is 166 Å². The lowest BCUT2D eigenvalue weighted by Crippen LogP contribution is -2.40. The van der Waals surface area contributed by atoms with Crippen molar-refractivity contribution in [1.29, 1.82) is 0 Å². The van der Waals surface area contributed by atoms with E-state index in [9.17, 15) is 0 Å². The van der Waals surface area contributed by atoms with Gasteiger partial charge in [-0.25, -0.2) is 4.98 Å². The highest BCUT2D eigenvalue weighted by atomic mass is 32.1. The third-order valence-corrected chi connectivity index (χ3v) is 5.83. The van der Waals surface area contributed by atoms with Crippen LogP contribution in [0.2, 0.25) is 0 Å². The fraction of sp³-hybridized carbons (Fsp3) is 0.650. The van der Waals surface area contributed by atoms with Gasteiger partial charge in [-0.3, -0.25) is 9.67 Å². The molecule has 3 heterocycles. The van der Waals surface area contributed by atoms with Crippen LogP contribution in [-0.4, -0.2) is 51.8 Å². The van der Waals surface area contributed by atoms with Crippen molar-refractivity contribution < 1.29 is 0 Å². The standard InChI is InChI=1S/C20H32N6S/c1-6-21-19(22-9-7-18-24-17(14-27-18)20(2,3)4)26-10-8-15(13-26)16-11-23-25(5)12-16/h11-12,14-15H,6-10,13H2,1-5H3,(H,21,22). The maximum atomic E-state index is 4.87. The molecule has 1 aliphatic heterocycles. The SMILES string of the molecule is CCNC(=NCCc1nc(C(C)(C)C)cs1)N1CCC(c2cnn(C)c2)C1. The van der Waals surface area contributed by atoms with Gasteiger partial charge in [-0.1, -0.05) is 20.8 Å². The van der Waals surface area contributed by atoms with Crippen molar-refractivity contribution in [2.75, 3.05) is 26.2 Å². The van der Waals surface area contributed by atoms with E-state index in [-0.39, 0.29) is 5.41 Å². The van der Waals surface area contributed by atoms with Crippen LogP contribution >= 0.6 is 11.3 Å². The number of aromatic nitrogens is 3. The number of nitrogens with one attached hydrogen (secondary N) is 1. The zero-order valence-electron chi connectivity index (χ0n) is 17.2. The molecule has 3 rings (SSSR count). The molecule has 1 aliphatic rings. The minimum absolute atomic E-state index is 0.115. The second-order valence-corrected chi connectivity index (χ2v) is 9.18. The van der Waals surface area contributed by atoms with E-state index in [0.29, 0.717) is 5.92 Å². The third-order valence-electron chi connectivity index (χ3n) is 4.93. The number of rotatable bonds is 5. The van der Waals surface area contributed by atoms with Crippen molar-refractivity contribution in [2.24, 2.45) is 12.0 Å². The first kappa shape index (κ1) is 19.9. The molecular weight excluding hydrogens is 356 g/mol. The van der Waals surface area contributed by atoms with Gasteiger partial charge in [0.1, 0.15) is 0 Å². The van der Waals surface area contributed by atoms with Crippen molar-refractivity contribution in [1.82, 2.24) is 25.0 Å². The van der Waals surface area contributed by atoms with Gasteiger partial charge >= 0.3 is 0 Å². The number of hydrogen-bond donors (Lipinski definition) is 1. The highest BCUT2D eigenvalue weighted by Gasteiger charge is 2.26. The second kappa shape index (κ2) is 8.42. The van der Waals surface area contributed by atoms with Crippen LogP contribution in [0.4, 0.5) is 0 Å². The Morgan fingerprint density at radius 3 is 2.85 bits per heavy atom. The fourth-order valence-corrected chi connectivity index (χ4v) is 4.34. The van der Waals surface area contributed by atoms with E-state index in [0.717, 1.165) is 45.0 Å². The average molecular weight is 389 g/mol. The minimum atomic E-state index is 0.115. The molecule has 1 unspecified atom stereocenters. The van der Waals surface area contributed by atoms with E-state index in [2.05, 4.69) is 54.6 Å². The summed E-state index contributed by atoms with van der Waals surface area (Å²) in [6, 6.07) is 0. The van der Waals surface area contributed by atoms with E-state index >= 15 is 0 Å². The number of aliphatic imine (C=N–C) groups is 1. The van der Waals surface area contributed by atoms with Gasteiger partial charge in [-0.15, -0.1) is 11.3 Å². The van der Waals surface area contributed by atoms with Crippen LogP contribution in [0.15, 0.2) is 22.8 Å². The average Bonchev–Trinajstić information content (AvgIpc) is 3.33. The lowest BCUT2D eigenvalue weighted by atomic mass is 9.93. The predicted molar refractivity (Wildman–Crippen MR) is 113 cm³/mol. The normalized spacial score (nSPS) is 18.3. The summed E-state index contributed by atoms with van der Waals surface area (Å²) in [6.07, 6.45) is 6.17. The van der Waals surface area contributed by atoms with Crippen LogP contribution < -0.4 is 5.32 Å². The molecule has 148 valence electrons. The van der Waals surface area contributed by atoms with Crippen LogP contribution in [0.25, 0.3) is 0 Å². The Hall–Kier alpha value is -1.89. The van der Waals surface area contributed by atoms with Gasteiger partial charge in [0.15, 0.2) is 5.96 Å². The van der Waals surface area contributed by atoms with E-state index in [1.807, 2.05) is 17.9 Å². The number of guanidine groups is 1. The van der Waals surface area contributed by atoms with E-state index in [1.54, 1.807) is 11.3 Å². The lowest BCUT2D eigenvalue weighted by molar-refractivity contribution is 0.486. The zero-order valence-corrected chi connectivity index (χ0v) is 18.0. The Balaban J connectivity index is 1.59. The third kappa shape index (κ3) is 5.09. The maximum absolute atomic E-state index is 4.87. The Morgan fingerprint density at radius 2 is 2.22 bits per heavy atom. The summed E-state index contributed by atoms with van der Waals surface area (Å²) in [6.45, 7) is 12.4. The van der Waals surface area contributed by atoms with Crippen molar-refractivity contribution in [3.63, 3.8) is 0 Å². The van der Waals surface area contributed by atoms with E-state index in [1.165, 1.54) is 16.3 Å². The van der Waals surface area contributed by atoms with Gasteiger partial charge in [0.2, 0.25) is 0 Å². The van der Waals surface area contributed by atoms with Crippen LogP contribution in [0, 0.1) is 0 Å². The predicted octanol–water partition coefficient (Wildman–Crippen LogP) is 3.17. The highest BCUT2D eigenvalue weighted by molar-refractivity contribution is 7.09. The summed E-state index contributed by atoms with van der Waals surface area (Å²) >= 11 is 1.75. The Kier molecular flexibility index (Phi) is 6.19. The summed E-state index contributed by atoms with van der Waals surface area (Å²) in [5, 5.41) is 11.1. The number of aryl methyl sites for hydroxylation is 1. The molecule has 0 bridgehead atoms. The molecule has 1 saturated heterocycles. The first-order chi connectivity index (χ1) is 12.9. The van der Waals surface area contributed by atoms with Crippen LogP contribution in [0.5, 0.6) is 0 Å². The van der Waals surface area contributed by atoms with Gasteiger partial charge < -0.3 is 10.2 Å². The van der Waals surface area contributed by atoms with Gasteiger partial charge in [0.05, 0.1) is 16.9 Å². The second-order valence-electron chi connectivity index (χ2n) is 8.24. The molecule has 0 saturated carbocycles. The Morgan fingerprint density at radius 1 is 1.41 bits per heavy atom. The molecular formula is C20H32N6S. The molecule has 1 N–H and O–H groups in total. The van der Waals surface area contributed by atoms with E-state index in [4.69, 9.17) is 9.98 Å². The van der Waals surface area contributed by atoms with Gasteiger partial charge in [-0.2, -0.15) is 5.10 Å². The first-order valence-electron chi connectivity index (χ1n) is 9.83. The number of likely N-dealkylation sites (tertiary alicyclic amines) is 1. The summed E-state index contributed by atoms with van der Waals surface area (Å²) < 4.78 is 1.89. The van der Waals surface area contributed by atoms with Gasteiger partial charge in [0.25, 0.3) is 0 Å². The molecule has 0 spiro atoms. The van der Waals surface area contributed by atoms with Crippen molar-refractivity contribution >= 4 is 17.3 Å². The summed E-state index contributed by atoms with van der Waals surface area (Å²) in [5.41, 5.74) is 2.62. The molecule has 7 heteroatoms. The van der Waals surface area contributed by atoms with Crippen LogP contribution in [0.3, 0.4) is 0 Å². The molecule has 27 heavy (non-hydrogen) atoms. The number of nitrogens with zero attached hydrogens (tertiary/aromatic N) is 5. The molecule has 1 fully saturated rings. The van der Waals surface area contributed by atoms with Crippen LogP contribution in [-0.2, 0) is 18.9 Å².